The Morgan fingerprint density at radius 1 is 0.945 bits per heavy atom. The van der Waals surface area contributed by atoms with E-state index in [1.165, 1.54) is 37.7 Å². The van der Waals surface area contributed by atoms with Crippen molar-refractivity contribution in [1.82, 2.24) is 0 Å². The highest BCUT2D eigenvalue weighted by atomic mass is 16.5. The fraction of sp³-hybridized carbons (Fsp3) is 0.792. The van der Waals surface area contributed by atoms with Crippen molar-refractivity contribution in [2.24, 2.45) is 45.8 Å². The second kappa shape index (κ2) is 16.9. The van der Waals surface area contributed by atoms with Crippen molar-refractivity contribution in [2.75, 3.05) is 6.61 Å². The average Bonchev–Trinajstić information content (AvgIpc) is 3.95. The summed E-state index contributed by atoms with van der Waals surface area (Å²) in [4.78, 5) is 26.3. The molecule has 0 bridgehead atoms. The van der Waals surface area contributed by atoms with E-state index in [1.807, 2.05) is 6.92 Å². The molecule has 5 aliphatic carbocycles. The van der Waals surface area contributed by atoms with Crippen LogP contribution in [-0.4, -0.2) is 57.8 Å². The molecule has 3 N–H and O–H groups in total. The van der Waals surface area contributed by atoms with Gasteiger partial charge >= 0.3 is 11.9 Å². The van der Waals surface area contributed by atoms with Gasteiger partial charge in [0.15, 0.2) is 0 Å². The molecule has 0 saturated heterocycles. The van der Waals surface area contributed by atoms with Gasteiger partial charge < -0.3 is 24.8 Å². The van der Waals surface area contributed by atoms with Crippen LogP contribution in [0, 0.1) is 45.8 Å². The van der Waals surface area contributed by atoms with E-state index >= 15 is 0 Å². The third-order valence-electron chi connectivity index (χ3n) is 16.8. The van der Waals surface area contributed by atoms with Gasteiger partial charge in [-0.1, -0.05) is 89.6 Å². The molecule has 1 aromatic carbocycles. The molecular formula is C48H72O7. The number of esters is 2. The minimum Gasteiger partial charge on any atom is -0.462 e. The lowest BCUT2D eigenvalue weighted by atomic mass is 9.38. The second-order valence-corrected chi connectivity index (χ2v) is 20.0. The predicted octanol–water partition coefficient (Wildman–Crippen LogP) is 9.44. The van der Waals surface area contributed by atoms with Crippen LogP contribution in [0.15, 0.2) is 42.0 Å². The number of hydrogen-bond acceptors (Lipinski definition) is 7. The van der Waals surface area contributed by atoms with Gasteiger partial charge in [0, 0.05) is 12.0 Å². The number of benzene rings is 1. The van der Waals surface area contributed by atoms with Gasteiger partial charge in [-0.25, -0.2) is 4.79 Å². The smallest absolute Gasteiger partial charge is 0.331 e. The van der Waals surface area contributed by atoms with Gasteiger partial charge in [-0.05, 0) is 142 Å². The largest absolute Gasteiger partial charge is 0.462 e. The Morgan fingerprint density at radius 2 is 1.69 bits per heavy atom. The van der Waals surface area contributed by atoms with E-state index in [2.05, 4.69) is 44.2 Å². The number of aryl methyl sites for hydroxylation is 1. The van der Waals surface area contributed by atoms with E-state index in [1.54, 1.807) is 6.08 Å². The van der Waals surface area contributed by atoms with Crippen LogP contribution in [0.5, 0.6) is 0 Å². The van der Waals surface area contributed by atoms with E-state index in [0.29, 0.717) is 49.4 Å². The number of rotatable bonds is 14. The standard InChI is InChI=1S/C48H72O7/c1-33(13-12-16-35-14-6-4-7-15-35)19-20-40(49)48-41(50)23-26-45(3,38-22-27-46(31-38)24-10-11-25-46)43(48)39(55-44(52)37-17-8-5-9-18-37)29-34(2)47(48,53)28-21-36-30-42(51)54-32-36/h4,6-7,14-15,30,33-34,37-41,43,49-50,53H,5,8-13,16-29,31-32H2,1-3H3/t33-,34-,38-,39-,40+,41+,43+,45+,47-,48+/m1/s1. The lowest BCUT2D eigenvalue weighted by Gasteiger charge is -2.70. The number of ether oxygens (including phenoxy) is 2. The Labute approximate surface area is 331 Å². The first kappa shape index (κ1) is 41.0. The summed E-state index contributed by atoms with van der Waals surface area (Å²) in [6, 6.07) is 10.6. The van der Waals surface area contributed by atoms with Crippen molar-refractivity contribution in [2.45, 2.75) is 186 Å². The van der Waals surface area contributed by atoms with Gasteiger partial charge in [-0.15, -0.1) is 0 Å². The zero-order valence-electron chi connectivity index (χ0n) is 34.3. The van der Waals surface area contributed by atoms with Crippen molar-refractivity contribution in [3.8, 4) is 0 Å². The molecule has 306 valence electrons. The molecule has 1 heterocycles. The number of carbonyl (C=O) groups is 2. The quantitative estimate of drug-likeness (QED) is 0.162. The molecular weight excluding hydrogens is 689 g/mol. The van der Waals surface area contributed by atoms with Crippen LogP contribution in [0.4, 0.5) is 0 Å². The van der Waals surface area contributed by atoms with E-state index in [-0.39, 0.29) is 35.8 Å². The highest BCUT2D eigenvalue weighted by Gasteiger charge is 2.75. The van der Waals surface area contributed by atoms with E-state index in [0.717, 1.165) is 82.6 Å². The maximum Gasteiger partial charge on any atom is 0.331 e. The number of aliphatic hydroxyl groups is 3. The predicted molar refractivity (Wildman–Crippen MR) is 215 cm³/mol. The minimum absolute atomic E-state index is 0.110. The summed E-state index contributed by atoms with van der Waals surface area (Å²) in [6.45, 7) is 6.92. The highest BCUT2D eigenvalue weighted by molar-refractivity contribution is 5.85. The molecule has 7 heteroatoms. The molecule has 6 aliphatic rings. The SMILES string of the molecule is C[C@H](CCCc1ccccc1)CC[C@H](O)[C@]12[C@@H](O)CC[C@@](C)([C@@H]3CCC4(CCCC4)C3)[C@@H]1[C@H](OC(=O)C1CCCCC1)C[C@@H](C)[C@]2(O)CCC1=CC(=O)OC1. The zero-order valence-corrected chi connectivity index (χ0v) is 34.3. The maximum absolute atomic E-state index is 14.2. The first-order chi connectivity index (χ1) is 26.4. The Bertz CT molecular complexity index is 1490. The molecule has 1 spiro atoms. The van der Waals surface area contributed by atoms with Crippen LogP contribution >= 0.6 is 0 Å². The lowest BCUT2D eigenvalue weighted by molar-refractivity contribution is -0.326. The number of fused-ring (bicyclic) bond motifs is 1. The van der Waals surface area contributed by atoms with Gasteiger partial charge in [0.25, 0.3) is 0 Å². The van der Waals surface area contributed by atoms with Crippen LogP contribution in [0.3, 0.4) is 0 Å². The summed E-state index contributed by atoms with van der Waals surface area (Å²) in [5.74, 6) is -0.618. The molecule has 55 heavy (non-hydrogen) atoms. The van der Waals surface area contributed by atoms with Crippen molar-refractivity contribution >= 4 is 11.9 Å². The summed E-state index contributed by atoms with van der Waals surface area (Å²) in [7, 11) is 0. The molecule has 1 aromatic rings. The summed E-state index contributed by atoms with van der Waals surface area (Å²) in [6.07, 6.45) is 19.6. The van der Waals surface area contributed by atoms with Crippen molar-refractivity contribution in [3.63, 3.8) is 0 Å². The number of hydrogen-bond donors (Lipinski definition) is 3. The van der Waals surface area contributed by atoms with Crippen LogP contribution in [0.2, 0.25) is 0 Å². The number of cyclic esters (lactones) is 1. The summed E-state index contributed by atoms with van der Waals surface area (Å²) >= 11 is 0. The Balaban J connectivity index is 1.25. The minimum atomic E-state index is -1.46. The third-order valence-corrected chi connectivity index (χ3v) is 16.8. The van der Waals surface area contributed by atoms with Crippen molar-refractivity contribution in [1.29, 1.82) is 0 Å². The first-order valence-electron chi connectivity index (χ1n) is 22.6. The Hall–Kier alpha value is -2.22. The van der Waals surface area contributed by atoms with Crippen LogP contribution in [0.25, 0.3) is 0 Å². The van der Waals surface area contributed by atoms with Crippen molar-refractivity contribution < 1.29 is 34.4 Å². The number of aliphatic hydroxyl groups excluding tert-OH is 2. The van der Waals surface area contributed by atoms with Crippen molar-refractivity contribution in [3.05, 3.63) is 47.5 Å². The maximum atomic E-state index is 14.2. The fourth-order valence-corrected chi connectivity index (χ4v) is 13.7. The molecule has 0 amide bonds. The van der Waals surface area contributed by atoms with Crippen LogP contribution < -0.4 is 0 Å². The normalized spacial score (nSPS) is 37.3. The fourth-order valence-electron chi connectivity index (χ4n) is 13.7. The lowest BCUT2D eigenvalue weighted by Crippen LogP contribution is -2.77. The topological polar surface area (TPSA) is 113 Å². The highest BCUT2D eigenvalue weighted by Crippen LogP contribution is 2.71. The van der Waals surface area contributed by atoms with E-state index in [4.69, 9.17) is 9.47 Å². The molecule has 10 atom stereocenters. The zero-order chi connectivity index (χ0) is 38.8. The Morgan fingerprint density at radius 3 is 2.40 bits per heavy atom. The van der Waals surface area contributed by atoms with E-state index in [9.17, 15) is 24.9 Å². The second-order valence-electron chi connectivity index (χ2n) is 20.0. The van der Waals surface area contributed by atoms with Gasteiger partial charge in [-0.2, -0.15) is 0 Å². The molecule has 7 nitrogen and oxygen atoms in total. The molecule has 7 rings (SSSR count). The van der Waals surface area contributed by atoms with Gasteiger partial charge in [0.1, 0.15) is 12.7 Å². The van der Waals surface area contributed by atoms with Gasteiger partial charge in [0.05, 0.1) is 29.1 Å². The van der Waals surface area contributed by atoms with Gasteiger partial charge in [0.2, 0.25) is 0 Å². The monoisotopic (exact) mass is 761 g/mol. The molecule has 0 aromatic heterocycles. The summed E-state index contributed by atoms with van der Waals surface area (Å²) in [5.41, 5.74) is -0.560. The third kappa shape index (κ3) is 7.98. The molecule has 5 saturated carbocycles. The molecule has 5 fully saturated rings. The number of carbonyl (C=O) groups excluding carboxylic acids is 2. The first-order valence-corrected chi connectivity index (χ1v) is 22.6. The molecule has 0 radical (unpaired) electrons. The summed E-state index contributed by atoms with van der Waals surface area (Å²) < 4.78 is 12.1. The van der Waals surface area contributed by atoms with Gasteiger partial charge in [-0.3, -0.25) is 4.79 Å². The summed E-state index contributed by atoms with van der Waals surface area (Å²) in [5, 5.41) is 39.5. The van der Waals surface area contributed by atoms with Crippen LogP contribution in [0.1, 0.15) is 161 Å². The Kier molecular flexibility index (Phi) is 12.6. The average molecular weight is 761 g/mol. The van der Waals surface area contributed by atoms with Crippen LogP contribution in [-0.2, 0) is 25.5 Å². The molecule has 1 aliphatic heterocycles. The molecule has 0 unspecified atom stereocenters. The van der Waals surface area contributed by atoms with E-state index < -0.39 is 35.2 Å².